The number of carboxylic acid groups (broad SMARTS) is 1. The van der Waals surface area contributed by atoms with E-state index in [0.29, 0.717) is 5.56 Å². The molecule has 27 heavy (non-hydrogen) atoms. The van der Waals surface area contributed by atoms with Crippen LogP contribution in [0.5, 0.6) is 5.75 Å². The number of aliphatic carboxylic acids is 1. The van der Waals surface area contributed by atoms with Gasteiger partial charge in [-0.3, -0.25) is 4.79 Å². The zero-order chi connectivity index (χ0) is 20.2. The molecule has 146 valence electrons. The van der Waals surface area contributed by atoms with Gasteiger partial charge >= 0.3 is 12.3 Å². The van der Waals surface area contributed by atoms with Gasteiger partial charge < -0.3 is 9.84 Å². The molecule has 0 amide bonds. The zero-order valence-electron chi connectivity index (χ0n) is 13.4. The minimum Gasteiger partial charge on any atom is -0.480 e. The molecule has 0 heterocycles. The number of nitrogens with one attached hydrogen (secondary N) is 1. The minimum absolute atomic E-state index is 0.219. The Labute approximate surface area is 157 Å². The first-order valence-corrected chi connectivity index (χ1v) is 9.18. The summed E-state index contributed by atoms with van der Waals surface area (Å²) < 4.78 is 66.8. The molecule has 1 atom stereocenters. The standard InChI is InChI=1S/C16H13ClF3NO5S/c17-13-4-2-1-3-10(13)9-14(15(22)23)21-27(24,25)12-7-5-11(6-8-12)26-16(18,19)20/h1-8,14,21H,9H2,(H,22,23)/t14-/m0/s1. The van der Waals surface area contributed by atoms with Gasteiger partial charge in [-0.2, -0.15) is 4.72 Å². The molecule has 0 aliphatic carbocycles. The summed E-state index contributed by atoms with van der Waals surface area (Å²) in [5.41, 5.74) is 0.420. The van der Waals surface area contributed by atoms with E-state index < -0.39 is 39.0 Å². The minimum atomic E-state index is -4.91. The van der Waals surface area contributed by atoms with Crippen molar-refractivity contribution in [3.05, 3.63) is 59.1 Å². The summed E-state index contributed by atoms with van der Waals surface area (Å²) >= 11 is 5.96. The molecule has 0 saturated carbocycles. The van der Waals surface area contributed by atoms with E-state index in [2.05, 4.69) is 4.74 Å². The van der Waals surface area contributed by atoms with E-state index in [4.69, 9.17) is 11.6 Å². The molecule has 0 fully saturated rings. The van der Waals surface area contributed by atoms with E-state index in [1.165, 1.54) is 6.07 Å². The lowest BCUT2D eigenvalue weighted by molar-refractivity contribution is -0.274. The SMILES string of the molecule is O=C(O)[C@H](Cc1ccccc1Cl)NS(=O)(=O)c1ccc(OC(F)(F)F)cc1. The second kappa shape index (κ2) is 8.15. The van der Waals surface area contributed by atoms with E-state index in [1.54, 1.807) is 18.2 Å². The summed E-state index contributed by atoms with van der Waals surface area (Å²) in [6, 6.07) is 8.18. The van der Waals surface area contributed by atoms with Crippen LogP contribution in [0.4, 0.5) is 13.2 Å². The highest BCUT2D eigenvalue weighted by Crippen LogP contribution is 2.24. The van der Waals surface area contributed by atoms with Crippen molar-refractivity contribution in [3.8, 4) is 5.75 Å². The van der Waals surface area contributed by atoms with Crippen LogP contribution < -0.4 is 9.46 Å². The van der Waals surface area contributed by atoms with Crippen molar-refractivity contribution in [2.75, 3.05) is 0 Å². The molecule has 0 aliphatic heterocycles. The third kappa shape index (κ3) is 6.12. The monoisotopic (exact) mass is 423 g/mol. The molecule has 2 aromatic carbocycles. The molecule has 0 saturated heterocycles. The van der Waals surface area contributed by atoms with Crippen molar-refractivity contribution in [1.82, 2.24) is 4.72 Å². The molecule has 0 bridgehead atoms. The predicted octanol–water partition coefficient (Wildman–Crippen LogP) is 3.21. The summed E-state index contributed by atoms with van der Waals surface area (Å²) in [6.07, 6.45) is -5.13. The molecular formula is C16H13ClF3NO5S. The van der Waals surface area contributed by atoms with Crippen molar-refractivity contribution in [2.45, 2.75) is 23.7 Å². The maximum absolute atomic E-state index is 12.3. The molecule has 0 radical (unpaired) electrons. The number of carboxylic acids is 1. The van der Waals surface area contributed by atoms with Gasteiger partial charge in [0.1, 0.15) is 11.8 Å². The molecule has 0 unspecified atom stereocenters. The smallest absolute Gasteiger partial charge is 0.480 e. The first-order chi connectivity index (χ1) is 12.5. The first kappa shape index (κ1) is 21.0. The van der Waals surface area contributed by atoms with Gasteiger partial charge in [0.15, 0.2) is 0 Å². The van der Waals surface area contributed by atoms with E-state index >= 15 is 0 Å². The Morgan fingerprint density at radius 2 is 1.74 bits per heavy atom. The molecule has 2 N–H and O–H groups in total. The van der Waals surface area contributed by atoms with Crippen molar-refractivity contribution in [3.63, 3.8) is 0 Å². The van der Waals surface area contributed by atoms with Crippen LogP contribution in [0.3, 0.4) is 0 Å². The summed E-state index contributed by atoms with van der Waals surface area (Å²) in [7, 11) is -4.31. The van der Waals surface area contributed by atoms with Gasteiger partial charge in [-0.25, -0.2) is 8.42 Å². The maximum Gasteiger partial charge on any atom is 0.573 e. The number of benzene rings is 2. The molecule has 11 heteroatoms. The number of ether oxygens (including phenoxy) is 1. The number of carbonyl (C=O) groups is 1. The lowest BCUT2D eigenvalue weighted by Crippen LogP contribution is -2.42. The molecule has 2 aromatic rings. The van der Waals surface area contributed by atoms with Crippen molar-refractivity contribution >= 4 is 27.6 Å². The quantitative estimate of drug-likeness (QED) is 0.713. The highest BCUT2D eigenvalue weighted by Gasteiger charge is 2.31. The van der Waals surface area contributed by atoms with Crippen molar-refractivity contribution < 1.29 is 36.2 Å². The number of halogens is 4. The van der Waals surface area contributed by atoms with Crippen LogP contribution in [-0.4, -0.2) is 31.9 Å². The molecule has 0 spiro atoms. The van der Waals surface area contributed by atoms with Crippen molar-refractivity contribution in [1.29, 1.82) is 0 Å². The Morgan fingerprint density at radius 1 is 1.15 bits per heavy atom. The number of hydrogen-bond acceptors (Lipinski definition) is 4. The molecule has 6 nitrogen and oxygen atoms in total. The average Bonchev–Trinajstić information content (AvgIpc) is 2.55. The van der Waals surface area contributed by atoms with Gasteiger partial charge in [-0.15, -0.1) is 13.2 Å². The molecule has 0 aliphatic rings. The van der Waals surface area contributed by atoms with Gasteiger partial charge in [-0.1, -0.05) is 29.8 Å². The Bertz CT molecular complexity index is 916. The normalized spacial score (nSPS) is 13.2. The number of rotatable bonds is 7. The van der Waals surface area contributed by atoms with Crippen LogP contribution in [0, 0.1) is 0 Å². The van der Waals surface area contributed by atoms with E-state index in [1.807, 2.05) is 4.72 Å². The van der Waals surface area contributed by atoms with Crippen molar-refractivity contribution in [2.24, 2.45) is 0 Å². The number of alkyl halides is 3. The Balaban J connectivity index is 2.19. The Morgan fingerprint density at radius 3 is 2.26 bits per heavy atom. The van der Waals surface area contributed by atoms with Crippen LogP contribution >= 0.6 is 11.6 Å². The maximum atomic E-state index is 12.3. The van der Waals surface area contributed by atoms with E-state index in [-0.39, 0.29) is 11.4 Å². The predicted molar refractivity (Wildman–Crippen MR) is 90.0 cm³/mol. The molecular weight excluding hydrogens is 411 g/mol. The second-order valence-electron chi connectivity index (χ2n) is 5.33. The molecule has 0 aromatic heterocycles. The van der Waals surface area contributed by atoms with Crippen LogP contribution in [0.1, 0.15) is 5.56 Å². The summed E-state index contributed by atoms with van der Waals surface area (Å²) in [5.74, 6) is -2.04. The van der Waals surface area contributed by atoms with E-state index in [9.17, 15) is 31.5 Å². The second-order valence-corrected chi connectivity index (χ2v) is 7.45. The topological polar surface area (TPSA) is 92.7 Å². The van der Waals surface area contributed by atoms with Crippen LogP contribution in [0.2, 0.25) is 5.02 Å². The lowest BCUT2D eigenvalue weighted by atomic mass is 10.1. The van der Waals surface area contributed by atoms with Gasteiger partial charge in [-0.05, 0) is 35.9 Å². The molecule has 2 rings (SSSR count). The lowest BCUT2D eigenvalue weighted by Gasteiger charge is -2.16. The zero-order valence-corrected chi connectivity index (χ0v) is 15.0. The third-order valence-electron chi connectivity index (χ3n) is 3.34. The van der Waals surface area contributed by atoms with Crippen LogP contribution in [0.25, 0.3) is 0 Å². The largest absolute Gasteiger partial charge is 0.573 e. The fraction of sp³-hybridized carbons (Fsp3) is 0.188. The first-order valence-electron chi connectivity index (χ1n) is 7.32. The van der Waals surface area contributed by atoms with Gasteiger partial charge in [0.2, 0.25) is 10.0 Å². The fourth-order valence-corrected chi connectivity index (χ4v) is 3.54. The Kier molecular flexibility index (Phi) is 6.34. The van der Waals surface area contributed by atoms with Gasteiger partial charge in [0.05, 0.1) is 4.90 Å². The van der Waals surface area contributed by atoms with Gasteiger partial charge in [0, 0.05) is 11.4 Å². The van der Waals surface area contributed by atoms with E-state index in [0.717, 1.165) is 24.3 Å². The third-order valence-corrected chi connectivity index (χ3v) is 5.20. The fourth-order valence-electron chi connectivity index (χ4n) is 2.14. The summed E-state index contributed by atoms with van der Waals surface area (Å²) in [4.78, 5) is 11.0. The Hall–Kier alpha value is -2.30. The summed E-state index contributed by atoms with van der Waals surface area (Å²) in [5, 5.41) is 9.57. The average molecular weight is 424 g/mol. The van der Waals surface area contributed by atoms with Crippen LogP contribution in [0.15, 0.2) is 53.4 Å². The highest BCUT2D eigenvalue weighted by atomic mass is 35.5. The number of sulfonamides is 1. The van der Waals surface area contributed by atoms with Crippen LogP contribution in [-0.2, 0) is 21.2 Å². The number of hydrogen-bond donors (Lipinski definition) is 2. The summed E-state index contributed by atoms with van der Waals surface area (Å²) in [6.45, 7) is 0. The highest BCUT2D eigenvalue weighted by molar-refractivity contribution is 7.89. The van der Waals surface area contributed by atoms with Gasteiger partial charge in [0.25, 0.3) is 0 Å².